The lowest BCUT2D eigenvalue weighted by molar-refractivity contribution is -0.120. The molecule has 2 rings (SSSR count). The maximum atomic E-state index is 12.1. The van der Waals surface area contributed by atoms with Crippen molar-refractivity contribution in [3.8, 4) is 0 Å². The van der Waals surface area contributed by atoms with E-state index in [0.29, 0.717) is 6.54 Å². The predicted molar refractivity (Wildman–Crippen MR) is 98.5 cm³/mol. The third kappa shape index (κ3) is 6.60. The lowest BCUT2D eigenvalue weighted by atomic mass is 10.3. The quantitative estimate of drug-likeness (QED) is 0.595. The zero-order valence-electron chi connectivity index (χ0n) is 13.9. The van der Waals surface area contributed by atoms with Gasteiger partial charge in [0.1, 0.15) is 0 Å². The molecule has 2 N–H and O–H groups in total. The molecule has 136 valence electrons. The van der Waals surface area contributed by atoms with E-state index in [1.54, 1.807) is 18.3 Å². The van der Waals surface area contributed by atoms with Gasteiger partial charge in [0.25, 0.3) is 0 Å². The van der Waals surface area contributed by atoms with Crippen molar-refractivity contribution in [2.24, 2.45) is 0 Å². The zero-order chi connectivity index (χ0) is 18.3. The maximum Gasteiger partial charge on any atom is 0.240 e. The van der Waals surface area contributed by atoms with Crippen molar-refractivity contribution >= 4 is 31.9 Å². The lowest BCUT2D eigenvalue weighted by Crippen LogP contribution is -2.31. The molecule has 0 bridgehead atoms. The van der Waals surface area contributed by atoms with Crippen LogP contribution < -0.4 is 10.0 Å². The van der Waals surface area contributed by atoms with Gasteiger partial charge in [-0.15, -0.1) is 0 Å². The zero-order valence-corrected chi connectivity index (χ0v) is 16.3. The second-order valence-corrected chi connectivity index (χ2v) is 8.27. The van der Waals surface area contributed by atoms with E-state index in [0.717, 1.165) is 23.0 Å². The molecule has 0 fully saturated rings. The van der Waals surface area contributed by atoms with Crippen molar-refractivity contribution in [1.29, 1.82) is 0 Å². The van der Waals surface area contributed by atoms with Gasteiger partial charge in [-0.3, -0.25) is 9.48 Å². The summed E-state index contributed by atoms with van der Waals surface area (Å²) >= 11 is 3.26. The normalized spacial score (nSPS) is 11.4. The minimum absolute atomic E-state index is 0.0581. The molecule has 1 aromatic heterocycles. The van der Waals surface area contributed by atoms with Crippen molar-refractivity contribution in [3.63, 3.8) is 0 Å². The fourth-order valence-corrected chi connectivity index (χ4v) is 3.44. The van der Waals surface area contributed by atoms with E-state index in [9.17, 15) is 13.2 Å². The Morgan fingerprint density at radius 3 is 2.60 bits per heavy atom. The highest BCUT2D eigenvalue weighted by Crippen LogP contribution is 2.14. The highest BCUT2D eigenvalue weighted by molar-refractivity contribution is 9.10. The first-order valence-corrected chi connectivity index (χ1v) is 10.2. The lowest BCUT2D eigenvalue weighted by Gasteiger charge is -2.08. The molecule has 7 nitrogen and oxygen atoms in total. The smallest absolute Gasteiger partial charge is 0.240 e. The molecule has 1 heterocycles. The number of rotatable bonds is 9. The van der Waals surface area contributed by atoms with Crippen LogP contribution in [0.25, 0.3) is 0 Å². The molecule has 0 unspecified atom stereocenters. The van der Waals surface area contributed by atoms with Gasteiger partial charge in [0.15, 0.2) is 0 Å². The Morgan fingerprint density at radius 2 is 1.96 bits per heavy atom. The summed E-state index contributed by atoms with van der Waals surface area (Å²) in [5.74, 6) is -0.185. The molecule has 0 spiro atoms. The molecule has 1 aromatic carbocycles. The molecular formula is C16H21BrN4O3S. The first-order chi connectivity index (χ1) is 11.9. The van der Waals surface area contributed by atoms with Crippen LogP contribution in [0.15, 0.2) is 46.0 Å². The number of halogens is 1. The van der Waals surface area contributed by atoms with Gasteiger partial charge in [-0.05, 0) is 43.2 Å². The topological polar surface area (TPSA) is 93.1 Å². The fraction of sp³-hybridized carbons (Fsp3) is 0.375. The van der Waals surface area contributed by atoms with Crippen LogP contribution in [-0.4, -0.2) is 37.2 Å². The number of hydrogen-bond acceptors (Lipinski definition) is 4. The van der Waals surface area contributed by atoms with E-state index in [1.807, 2.05) is 17.8 Å². The van der Waals surface area contributed by atoms with Gasteiger partial charge < -0.3 is 5.32 Å². The summed E-state index contributed by atoms with van der Waals surface area (Å²) in [6, 6.07) is 6.32. The summed E-state index contributed by atoms with van der Waals surface area (Å²) in [4.78, 5) is 11.9. The highest BCUT2D eigenvalue weighted by atomic mass is 79.9. The van der Waals surface area contributed by atoms with Crippen LogP contribution in [0.3, 0.4) is 0 Å². The third-order valence-electron chi connectivity index (χ3n) is 3.42. The summed E-state index contributed by atoms with van der Waals surface area (Å²) in [6.07, 6.45) is 4.59. The summed E-state index contributed by atoms with van der Waals surface area (Å²) in [7, 11) is -3.59. The van der Waals surface area contributed by atoms with Gasteiger partial charge in [0.2, 0.25) is 15.9 Å². The molecule has 0 aliphatic rings. The number of carbonyl (C=O) groups is 1. The second-order valence-electron chi connectivity index (χ2n) is 5.59. The Bertz CT molecular complexity index is 803. The van der Waals surface area contributed by atoms with Crippen LogP contribution in [-0.2, 0) is 21.4 Å². The third-order valence-corrected chi connectivity index (χ3v) is 5.42. The average molecular weight is 429 g/mol. The minimum atomic E-state index is -3.59. The highest BCUT2D eigenvalue weighted by Gasteiger charge is 2.13. The molecule has 2 aromatic rings. The minimum Gasteiger partial charge on any atom is -0.356 e. The molecule has 9 heteroatoms. The van der Waals surface area contributed by atoms with Crippen LogP contribution in [0.4, 0.5) is 0 Å². The number of carbonyl (C=O) groups excluding carboxylic acids is 1. The number of benzene rings is 1. The number of amides is 1. The van der Waals surface area contributed by atoms with Gasteiger partial charge in [0, 0.05) is 36.7 Å². The van der Waals surface area contributed by atoms with Crippen molar-refractivity contribution in [3.05, 3.63) is 46.7 Å². The van der Waals surface area contributed by atoms with E-state index in [2.05, 4.69) is 31.1 Å². The number of aromatic nitrogens is 2. The summed E-state index contributed by atoms with van der Waals surface area (Å²) in [5.41, 5.74) is 1.10. The number of nitrogens with zero attached hydrogens (tertiary/aromatic N) is 2. The summed E-state index contributed by atoms with van der Waals surface area (Å²) in [5, 5.41) is 6.94. The van der Waals surface area contributed by atoms with E-state index in [-0.39, 0.29) is 23.8 Å². The fourth-order valence-electron chi connectivity index (χ4n) is 2.14. The van der Waals surface area contributed by atoms with Crippen molar-refractivity contribution in [2.75, 3.05) is 13.1 Å². The SMILES string of the molecule is Cc1cnn(CCCNC(=O)CCNS(=O)(=O)c2ccc(Br)cc2)c1. The molecule has 0 atom stereocenters. The Balaban J connectivity index is 1.65. The van der Waals surface area contributed by atoms with Gasteiger partial charge in [-0.2, -0.15) is 5.10 Å². The van der Waals surface area contributed by atoms with Crippen molar-refractivity contribution in [2.45, 2.75) is 31.2 Å². The number of aryl methyl sites for hydroxylation is 2. The molecule has 1 amide bonds. The first-order valence-electron chi connectivity index (χ1n) is 7.88. The van der Waals surface area contributed by atoms with E-state index < -0.39 is 10.0 Å². The van der Waals surface area contributed by atoms with Crippen LogP contribution in [0.2, 0.25) is 0 Å². The number of hydrogen-bond donors (Lipinski definition) is 2. The molecule has 0 aliphatic carbocycles. The van der Waals surface area contributed by atoms with Gasteiger partial charge in [-0.25, -0.2) is 13.1 Å². The van der Waals surface area contributed by atoms with Crippen LogP contribution in [0.5, 0.6) is 0 Å². The molecule has 0 saturated carbocycles. The van der Waals surface area contributed by atoms with Crippen LogP contribution in [0, 0.1) is 6.92 Å². The van der Waals surface area contributed by atoms with Crippen molar-refractivity contribution < 1.29 is 13.2 Å². The first kappa shape index (κ1) is 19.6. The summed E-state index contributed by atoms with van der Waals surface area (Å²) < 4.78 is 29.2. The Labute approximate surface area is 156 Å². The average Bonchev–Trinajstić information content (AvgIpc) is 2.97. The van der Waals surface area contributed by atoms with Gasteiger partial charge in [-0.1, -0.05) is 15.9 Å². The standard InChI is InChI=1S/C16H21BrN4O3S/c1-13-11-19-21(12-13)10-2-8-18-16(22)7-9-20-25(23,24)15-5-3-14(17)4-6-15/h3-6,11-12,20H,2,7-10H2,1H3,(H,18,22). The number of nitrogens with one attached hydrogen (secondary N) is 2. The summed E-state index contributed by atoms with van der Waals surface area (Å²) in [6.45, 7) is 3.28. The van der Waals surface area contributed by atoms with Crippen LogP contribution in [0.1, 0.15) is 18.4 Å². The molecule has 0 aliphatic heterocycles. The maximum absolute atomic E-state index is 12.1. The Morgan fingerprint density at radius 1 is 1.24 bits per heavy atom. The molecule has 0 radical (unpaired) electrons. The molecule has 0 saturated heterocycles. The molecular weight excluding hydrogens is 408 g/mol. The monoisotopic (exact) mass is 428 g/mol. The second kappa shape index (κ2) is 9.12. The Hall–Kier alpha value is -1.71. The molecule has 25 heavy (non-hydrogen) atoms. The van der Waals surface area contributed by atoms with Gasteiger partial charge >= 0.3 is 0 Å². The predicted octanol–water partition coefficient (Wildman–Crippen LogP) is 1.83. The Kier molecular flexibility index (Phi) is 7.15. The number of sulfonamides is 1. The van der Waals surface area contributed by atoms with E-state index in [1.165, 1.54) is 12.1 Å². The van der Waals surface area contributed by atoms with Gasteiger partial charge in [0.05, 0.1) is 11.1 Å². The largest absolute Gasteiger partial charge is 0.356 e. The van der Waals surface area contributed by atoms with E-state index >= 15 is 0 Å². The van der Waals surface area contributed by atoms with E-state index in [4.69, 9.17) is 0 Å². The van der Waals surface area contributed by atoms with Crippen LogP contribution >= 0.6 is 15.9 Å². The van der Waals surface area contributed by atoms with Crippen molar-refractivity contribution in [1.82, 2.24) is 19.8 Å².